The highest BCUT2D eigenvalue weighted by Crippen LogP contribution is 2.21. The predicted molar refractivity (Wildman–Crippen MR) is 70.8 cm³/mol. The van der Waals surface area contributed by atoms with Gasteiger partial charge in [-0.1, -0.05) is 18.3 Å². The fourth-order valence-corrected chi connectivity index (χ4v) is 1.85. The summed E-state index contributed by atoms with van der Waals surface area (Å²) in [5.41, 5.74) is 5.65. The lowest BCUT2D eigenvalue weighted by atomic mass is 10.2. The molecule has 0 aromatic heterocycles. The molecule has 88 valence electrons. The Balaban J connectivity index is 2.71. The van der Waals surface area contributed by atoms with Crippen molar-refractivity contribution in [2.24, 2.45) is 5.73 Å². The van der Waals surface area contributed by atoms with Crippen LogP contribution in [0, 0.1) is 5.82 Å². The second-order valence-electron chi connectivity index (χ2n) is 3.17. The highest BCUT2D eigenvalue weighted by atomic mass is 32.2. The molecule has 1 aromatic rings. The Morgan fingerprint density at radius 3 is 2.94 bits per heavy atom. The van der Waals surface area contributed by atoms with E-state index < -0.39 is 5.82 Å². The number of nitrogens with two attached hydrogens (primary N) is 1. The monoisotopic (exact) mass is 259 g/mol. The van der Waals surface area contributed by atoms with Gasteiger partial charge in [0.25, 0.3) is 0 Å². The van der Waals surface area contributed by atoms with Crippen LogP contribution in [0.15, 0.2) is 18.2 Å². The average Bonchev–Trinajstić information content (AvgIpc) is 2.24. The molecule has 1 aromatic carbocycles. The highest BCUT2D eigenvalue weighted by Gasteiger charge is 2.11. The number of rotatable bonds is 6. The third kappa shape index (κ3) is 3.64. The lowest BCUT2D eigenvalue weighted by molar-refractivity contribution is 0.316. The van der Waals surface area contributed by atoms with Gasteiger partial charge in [-0.2, -0.15) is 11.8 Å². The summed E-state index contributed by atoms with van der Waals surface area (Å²) in [7, 11) is 0. The number of ether oxygens (including phenoxy) is 1. The standard InChI is InChI=1S/C11H14FNOS2/c1-16-7-3-6-14-9-5-2-4-8(12)10(9)11(13)15/h2,4-5H,3,6-7H2,1H3,(H2,13,15). The molecule has 0 bridgehead atoms. The van der Waals surface area contributed by atoms with E-state index in [2.05, 4.69) is 0 Å². The maximum absolute atomic E-state index is 13.4. The summed E-state index contributed by atoms with van der Waals surface area (Å²) in [5.74, 6) is 1.00. The molecular formula is C11H14FNOS2. The Kier molecular flexibility index (Phi) is 5.55. The van der Waals surface area contributed by atoms with Crippen LogP contribution in [-0.2, 0) is 0 Å². The molecular weight excluding hydrogens is 245 g/mol. The maximum Gasteiger partial charge on any atom is 0.137 e. The lowest BCUT2D eigenvalue weighted by Crippen LogP contribution is -2.14. The summed E-state index contributed by atoms with van der Waals surface area (Å²) in [5, 5.41) is 0. The minimum Gasteiger partial charge on any atom is -0.493 e. The van der Waals surface area contributed by atoms with Crippen LogP contribution in [0.4, 0.5) is 4.39 Å². The van der Waals surface area contributed by atoms with E-state index >= 15 is 0 Å². The van der Waals surface area contributed by atoms with Crippen molar-refractivity contribution in [2.45, 2.75) is 6.42 Å². The van der Waals surface area contributed by atoms with E-state index in [0.717, 1.165) is 12.2 Å². The first-order chi connectivity index (χ1) is 7.66. The molecule has 16 heavy (non-hydrogen) atoms. The predicted octanol–water partition coefficient (Wildman–Crippen LogP) is 2.59. The van der Waals surface area contributed by atoms with Crippen molar-refractivity contribution in [1.29, 1.82) is 0 Å². The van der Waals surface area contributed by atoms with Crippen LogP contribution in [0.3, 0.4) is 0 Å². The number of hydrogen-bond acceptors (Lipinski definition) is 3. The summed E-state index contributed by atoms with van der Waals surface area (Å²) < 4.78 is 18.9. The Morgan fingerprint density at radius 1 is 1.56 bits per heavy atom. The van der Waals surface area contributed by atoms with Gasteiger partial charge in [0.15, 0.2) is 0 Å². The number of benzene rings is 1. The minimum atomic E-state index is -0.435. The third-order valence-corrected chi connectivity index (χ3v) is 2.87. The maximum atomic E-state index is 13.4. The molecule has 0 heterocycles. The minimum absolute atomic E-state index is 0.0259. The zero-order chi connectivity index (χ0) is 12.0. The summed E-state index contributed by atoms with van der Waals surface area (Å²) >= 11 is 6.54. The van der Waals surface area contributed by atoms with Gasteiger partial charge < -0.3 is 10.5 Å². The van der Waals surface area contributed by atoms with Gasteiger partial charge in [0.2, 0.25) is 0 Å². The molecule has 5 heteroatoms. The molecule has 0 amide bonds. The topological polar surface area (TPSA) is 35.2 Å². The average molecular weight is 259 g/mol. The molecule has 0 saturated heterocycles. The second-order valence-corrected chi connectivity index (χ2v) is 4.60. The number of thioether (sulfide) groups is 1. The van der Waals surface area contributed by atoms with Crippen LogP contribution in [0.1, 0.15) is 12.0 Å². The van der Waals surface area contributed by atoms with Gasteiger partial charge in [0.05, 0.1) is 12.2 Å². The van der Waals surface area contributed by atoms with Crippen molar-refractivity contribution >= 4 is 29.0 Å². The molecule has 0 fully saturated rings. The quantitative estimate of drug-likeness (QED) is 0.629. The van der Waals surface area contributed by atoms with Gasteiger partial charge in [0.1, 0.15) is 16.6 Å². The van der Waals surface area contributed by atoms with Crippen LogP contribution in [-0.4, -0.2) is 23.6 Å². The van der Waals surface area contributed by atoms with E-state index in [1.807, 2.05) is 6.26 Å². The number of halogens is 1. The smallest absolute Gasteiger partial charge is 0.137 e. The molecule has 0 aliphatic rings. The highest BCUT2D eigenvalue weighted by molar-refractivity contribution is 7.98. The summed E-state index contributed by atoms with van der Waals surface area (Å²) in [4.78, 5) is 0.0259. The Labute approximate surface area is 104 Å². The SMILES string of the molecule is CSCCCOc1cccc(F)c1C(N)=S. The van der Waals surface area contributed by atoms with E-state index in [-0.39, 0.29) is 10.6 Å². The fraction of sp³-hybridized carbons (Fsp3) is 0.364. The number of thiocarbonyl (C=S) groups is 1. The van der Waals surface area contributed by atoms with Crippen molar-refractivity contribution in [2.75, 3.05) is 18.6 Å². The van der Waals surface area contributed by atoms with Gasteiger partial charge in [-0.15, -0.1) is 0 Å². The van der Waals surface area contributed by atoms with Crippen LogP contribution in [0.2, 0.25) is 0 Å². The van der Waals surface area contributed by atoms with Gasteiger partial charge >= 0.3 is 0 Å². The van der Waals surface area contributed by atoms with Crippen molar-refractivity contribution in [3.8, 4) is 5.75 Å². The second kappa shape index (κ2) is 6.70. The molecule has 0 radical (unpaired) electrons. The molecule has 0 spiro atoms. The van der Waals surface area contributed by atoms with E-state index in [9.17, 15) is 4.39 Å². The number of hydrogen-bond donors (Lipinski definition) is 1. The van der Waals surface area contributed by atoms with Crippen molar-refractivity contribution in [3.63, 3.8) is 0 Å². The van der Waals surface area contributed by atoms with Gasteiger partial charge in [-0.25, -0.2) is 4.39 Å². The first kappa shape index (κ1) is 13.3. The zero-order valence-corrected chi connectivity index (χ0v) is 10.7. The molecule has 2 N–H and O–H groups in total. The Morgan fingerprint density at radius 2 is 2.31 bits per heavy atom. The fourth-order valence-electron chi connectivity index (χ4n) is 1.25. The van der Waals surface area contributed by atoms with Crippen molar-refractivity contribution in [3.05, 3.63) is 29.6 Å². The zero-order valence-electron chi connectivity index (χ0n) is 9.03. The van der Waals surface area contributed by atoms with Gasteiger partial charge in [-0.05, 0) is 30.6 Å². The van der Waals surface area contributed by atoms with Crippen molar-refractivity contribution < 1.29 is 9.13 Å². The molecule has 0 aliphatic heterocycles. The molecule has 0 saturated carbocycles. The normalized spacial score (nSPS) is 10.1. The largest absolute Gasteiger partial charge is 0.493 e. The first-order valence-corrected chi connectivity index (χ1v) is 6.67. The first-order valence-electron chi connectivity index (χ1n) is 4.87. The van der Waals surface area contributed by atoms with Crippen molar-refractivity contribution in [1.82, 2.24) is 0 Å². The molecule has 0 atom stereocenters. The molecule has 0 aliphatic carbocycles. The van der Waals surface area contributed by atoms with Crippen LogP contribution in [0.5, 0.6) is 5.75 Å². The van der Waals surface area contributed by atoms with E-state index in [0.29, 0.717) is 12.4 Å². The van der Waals surface area contributed by atoms with E-state index in [4.69, 9.17) is 22.7 Å². The van der Waals surface area contributed by atoms with Crippen LogP contribution in [0.25, 0.3) is 0 Å². The van der Waals surface area contributed by atoms with Gasteiger partial charge in [-0.3, -0.25) is 0 Å². The molecule has 1 rings (SSSR count). The summed E-state index contributed by atoms with van der Waals surface area (Å²) in [6, 6.07) is 4.58. The van der Waals surface area contributed by atoms with Crippen LogP contribution >= 0.6 is 24.0 Å². The van der Waals surface area contributed by atoms with E-state index in [1.54, 1.807) is 23.9 Å². The Bertz CT molecular complexity index is 371. The Hall–Kier alpha value is -0.810. The third-order valence-electron chi connectivity index (χ3n) is 1.97. The van der Waals surface area contributed by atoms with Gasteiger partial charge in [0, 0.05) is 0 Å². The molecule has 0 unspecified atom stereocenters. The van der Waals surface area contributed by atoms with E-state index in [1.165, 1.54) is 6.07 Å². The van der Waals surface area contributed by atoms with Crippen LogP contribution < -0.4 is 10.5 Å². The molecule has 2 nitrogen and oxygen atoms in total. The lowest BCUT2D eigenvalue weighted by Gasteiger charge is -2.10. The summed E-state index contributed by atoms with van der Waals surface area (Å²) in [6.07, 6.45) is 2.94. The summed E-state index contributed by atoms with van der Waals surface area (Å²) in [6.45, 7) is 0.542.